The van der Waals surface area contributed by atoms with E-state index in [0.717, 1.165) is 5.56 Å². The maximum atomic E-state index is 11.7. The monoisotopic (exact) mass is 257 g/mol. The van der Waals surface area contributed by atoms with E-state index in [1.807, 2.05) is 11.4 Å². The number of carboxylic acids is 1. The summed E-state index contributed by atoms with van der Waals surface area (Å²) in [6.07, 6.45) is 3.13. The van der Waals surface area contributed by atoms with Crippen LogP contribution in [0.1, 0.15) is 25.6 Å². The third-order valence-corrected chi connectivity index (χ3v) is 3.22. The molecule has 0 saturated heterocycles. The van der Waals surface area contributed by atoms with Gasteiger partial charge in [0.05, 0.1) is 10.8 Å². The molecule has 0 bridgehead atoms. The van der Waals surface area contributed by atoms with E-state index in [2.05, 4.69) is 0 Å². The van der Waals surface area contributed by atoms with Crippen molar-refractivity contribution in [2.75, 3.05) is 0 Å². The van der Waals surface area contributed by atoms with Crippen LogP contribution in [0, 0.1) is 0 Å². The van der Waals surface area contributed by atoms with Gasteiger partial charge in [0.1, 0.15) is 0 Å². The zero-order chi connectivity index (χ0) is 13.0. The van der Waals surface area contributed by atoms with E-state index < -0.39 is 5.97 Å². The van der Waals surface area contributed by atoms with Crippen LogP contribution in [0.4, 0.5) is 0 Å². The minimum absolute atomic E-state index is 0.0611. The minimum atomic E-state index is -1.21. The molecule has 0 spiro atoms. The minimum Gasteiger partial charge on any atom is -0.545 e. The molecule has 0 fully saturated rings. The largest absolute Gasteiger partial charge is 0.545 e. The highest BCUT2D eigenvalue weighted by atomic mass is 32.1. The first-order chi connectivity index (χ1) is 8.66. The first kappa shape index (κ1) is 12.3. The number of aromatic carboxylic acids is 1. The normalized spacial score (nSPS) is 10.7. The molecule has 1 aromatic carbocycles. The van der Waals surface area contributed by atoms with Crippen LogP contribution >= 0.6 is 11.3 Å². The summed E-state index contributed by atoms with van der Waals surface area (Å²) in [6.45, 7) is 0. The molecule has 0 aliphatic heterocycles. The first-order valence-corrected chi connectivity index (χ1v) is 6.12. The van der Waals surface area contributed by atoms with Gasteiger partial charge in [0.2, 0.25) is 0 Å². The number of carboxylic acid groups (broad SMARTS) is 1. The number of ketones is 1. The molecule has 1 aromatic heterocycles. The van der Waals surface area contributed by atoms with Crippen molar-refractivity contribution in [2.24, 2.45) is 0 Å². The summed E-state index contributed by atoms with van der Waals surface area (Å²) in [5, 5.41) is 12.4. The SMILES string of the molecule is O=C([O-])c1ccc(/C=C/C(=O)c2cccs2)cc1. The van der Waals surface area contributed by atoms with Crippen LogP contribution in [0.15, 0.2) is 47.9 Å². The van der Waals surface area contributed by atoms with Crippen LogP contribution in [-0.2, 0) is 0 Å². The van der Waals surface area contributed by atoms with Gasteiger partial charge in [0.25, 0.3) is 0 Å². The van der Waals surface area contributed by atoms with Gasteiger partial charge in [0.15, 0.2) is 5.78 Å². The summed E-state index contributed by atoms with van der Waals surface area (Å²) in [6, 6.07) is 9.73. The Morgan fingerprint density at radius 1 is 1.11 bits per heavy atom. The molecule has 0 radical (unpaired) electrons. The number of hydrogen-bond acceptors (Lipinski definition) is 4. The molecule has 3 nitrogen and oxygen atoms in total. The lowest BCUT2D eigenvalue weighted by Crippen LogP contribution is -2.21. The van der Waals surface area contributed by atoms with Gasteiger partial charge in [-0.1, -0.05) is 36.4 Å². The molecule has 1 heterocycles. The molecule has 2 aromatic rings. The van der Waals surface area contributed by atoms with Crippen molar-refractivity contribution < 1.29 is 14.7 Å². The molecule has 0 N–H and O–H groups in total. The summed E-state index contributed by atoms with van der Waals surface area (Å²) in [5.74, 6) is -1.27. The number of hydrogen-bond donors (Lipinski definition) is 0. The Balaban J connectivity index is 2.09. The Bertz CT molecular complexity index is 580. The van der Waals surface area contributed by atoms with Gasteiger partial charge >= 0.3 is 0 Å². The number of thiophene rings is 1. The van der Waals surface area contributed by atoms with E-state index in [0.29, 0.717) is 4.88 Å². The fraction of sp³-hybridized carbons (Fsp3) is 0. The zero-order valence-electron chi connectivity index (χ0n) is 9.33. The topological polar surface area (TPSA) is 57.2 Å². The molecule has 2 rings (SSSR count). The molecule has 0 aliphatic rings. The fourth-order valence-electron chi connectivity index (χ4n) is 1.40. The number of benzene rings is 1. The number of rotatable bonds is 4. The summed E-state index contributed by atoms with van der Waals surface area (Å²) in [5.41, 5.74) is 0.890. The smallest absolute Gasteiger partial charge is 0.195 e. The lowest BCUT2D eigenvalue weighted by Gasteiger charge is -2.01. The van der Waals surface area contributed by atoms with Crippen LogP contribution in [-0.4, -0.2) is 11.8 Å². The number of carbonyl (C=O) groups excluding carboxylic acids is 2. The van der Waals surface area contributed by atoms with Crippen molar-refractivity contribution in [3.63, 3.8) is 0 Å². The Labute approximate surface area is 108 Å². The highest BCUT2D eigenvalue weighted by Crippen LogP contribution is 2.11. The average Bonchev–Trinajstić information content (AvgIpc) is 2.90. The second-order valence-electron chi connectivity index (χ2n) is 3.58. The summed E-state index contributed by atoms with van der Waals surface area (Å²) < 4.78 is 0. The van der Waals surface area contributed by atoms with Crippen LogP contribution < -0.4 is 5.11 Å². The van der Waals surface area contributed by atoms with Crippen molar-refractivity contribution >= 4 is 29.2 Å². The van der Waals surface area contributed by atoms with Gasteiger partial charge in [-0.15, -0.1) is 11.3 Å². The summed E-state index contributed by atoms with van der Waals surface area (Å²) in [4.78, 5) is 22.9. The van der Waals surface area contributed by atoms with Crippen LogP contribution in [0.2, 0.25) is 0 Å². The maximum absolute atomic E-state index is 11.7. The Morgan fingerprint density at radius 2 is 1.83 bits per heavy atom. The van der Waals surface area contributed by atoms with E-state index in [1.54, 1.807) is 24.3 Å². The second-order valence-corrected chi connectivity index (χ2v) is 4.53. The van der Waals surface area contributed by atoms with Gasteiger partial charge in [-0.2, -0.15) is 0 Å². The molecule has 4 heteroatoms. The molecule has 90 valence electrons. The first-order valence-electron chi connectivity index (χ1n) is 5.24. The van der Waals surface area contributed by atoms with Crippen molar-refractivity contribution in [1.82, 2.24) is 0 Å². The van der Waals surface area contributed by atoms with Gasteiger partial charge < -0.3 is 9.90 Å². The van der Waals surface area contributed by atoms with Crippen molar-refractivity contribution in [2.45, 2.75) is 0 Å². The number of allylic oxidation sites excluding steroid dienone is 1. The molecular formula is C14H9O3S-. The summed E-state index contributed by atoms with van der Waals surface area (Å²) >= 11 is 1.39. The average molecular weight is 257 g/mol. The summed E-state index contributed by atoms with van der Waals surface area (Å²) in [7, 11) is 0. The van der Waals surface area contributed by atoms with E-state index in [1.165, 1.54) is 29.5 Å². The van der Waals surface area contributed by atoms with Gasteiger partial charge in [-0.3, -0.25) is 4.79 Å². The highest BCUT2D eigenvalue weighted by molar-refractivity contribution is 7.12. The second kappa shape index (κ2) is 5.42. The quantitative estimate of drug-likeness (QED) is 0.622. The molecule has 0 unspecified atom stereocenters. The molecule has 0 saturated carbocycles. The highest BCUT2D eigenvalue weighted by Gasteiger charge is 2.01. The molecular weight excluding hydrogens is 248 g/mol. The number of carbonyl (C=O) groups is 2. The molecule has 0 amide bonds. The third kappa shape index (κ3) is 2.93. The predicted octanol–water partition coefficient (Wildman–Crippen LogP) is 2.01. The van der Waals surface area contributed by atoms with Crippen molar-refractivity contribution in [3.05, 3.63) is 63.9 Å². The Kier molecular flexibility index (Phi) is 3.69. The van der Waals surface area contributed by atoms with Crippen molar-refractivity contribution in [1.29, 1.82) is 0 Å². The van der Waals surface area contributed by atoms with Gasteiger partial charge in [-0.25, -0.2) is 0 Å². The predicted molar refractivity (Wildman–Crippen MR) is 68.5 cm³/mol. The van der Waals surface area contributed by atoms with Crippen LogP contribution in [0.3, 0.4) is 0 Å². The maximum Gasteiger partial charge on any atom is 0.195 e. The Morgan fingerprint density at radius 3 is 2.39 bits per heavy atom. The molecule has 18 heavy (non-hydrogen) atoms. The lowest BCUT2D eigenvalue weighted by atomic mass is 10.1. The Hall–Kier alpha value is -2.20. The lowest BCUT2D eigenvalue weighted by molar-refractivity contribution is -0.255. The van der Waals surface area contributed by atoms with E-state index >= 15 is 0 Å². The zero-order valence-corrected chi connectivity index (χ0v) is 10.1. The van der Waals surface area contributed by atoms with Crippen molar-refractivity contribution in [3.8, 4) is 0 Å². The molecule has 0 atom stereocenters. The van der Waals surface area contributed by atoms with Gasteiger partial charge in [-0.05, 0) is 28.6 Å². The van der Waals surface area contributed by atoms with E-state index in [4.69, 9.17) is 0 Å². The van der Waals surface area contributed by atoms with Gasteiger partial charge in [0, 0.05) is 0 Å². The fourth-order valence-corrected chi connectivity index (χ4v) is 2.05. The van der Waals surface area contributed by atoms with Crippen LogP contribution in [0.5, 0.6) is 0 Å². The molecule has 0 aliphatic carbocycles. The van der Waals surface area contributed by atoms with Crippen LogP contribution in [0.25, 0.3) is 6.08 Å². The third-order valence-electron chi connectivity index (χ3n) is 2.34. The standard InChI is InChI=1S/C14H10O3S/c15-12(13-2-1-9-18-13)8-5-10-3-6-11(7-4-10)14(16)17/h1-9H,(H,16,17)/p-1/b8-5+. The van der Waals surface area contributed by atoms with E-state index in [-0.39, 0.29) is 11.3 Å². The van der Waals surface area contributed by atoms with E-state index in [9.17, 15) is 14.7 Å².